The SMILES string of the molecule is Clc1cc(Cl)c2ncc3nncn3c2c1. The van der Waals surface area contributed by atoms with Crippen LogP contribution in [-0.4, -0.2) is 19.6 Å². The third-order valence-electron chi connectivity index (χ3n) is 2.15. The topological polar surface area (TPSA) is 43.1 Å². The van der Waals surface area contributed by atoms with Crippen LogP contribution in [0.4, 0.5) is 0 Å². The van der Waals surface area contributed by atoms with Crippen molar-refractivity contribution in [2.45, 2.75) is 0 Å². The first kappa shape index (κ1) is 8.88. The molecule has 0 amide bonds. The summed E-state index contributed by atoms with van der Waals surface area (Å²) in [7, 11) is 0. The molecule has 1 aromatic carbocycles. The van der Waals surface area contributed by atoms with Crippen molar-refractivity contribution in [1.29, 1.82) is 0 Å². The Bertz CT molecular complexity index is 662. The Morgan fingerprint density at radius 1 is 1.20 bits per heavy atom. The standard InChI is InChI=1S/C9H4Cl2N4/c10-5-1-6(11)9-7(2-5)15-4-13-14-8(15)3-12-9/h1-4H. The van der Waals surface area contributed by atoms with Gasteiger partial charge < -0.3 is 0 Å². The van der Waals surface area contributed by atoms with Crippen LogP contribution in [0.5, 0.6) is 0 Å². The van der Waals surface area contributed by atoms with Gasteiger partial charge in [0.1, 0.15) is 11.8 Å². The Labute approximate surface area is 94.5 Å². The summed E-state index contributed by atoms with van der Waals surface area (Å²) in [6, 6.07) is 3.45. The molecular formula is C9H4Cl2N4. The minimum Gasteiger partial charge on any atom is -0.279 e. The third kappa shape index (κ3) is 1.26. The summed E-state index contributed by atoms with van der Waals surface area (Å²) in [5, 5.41) is 8.78. The molecule has 0 unspecified atom stereocenters. The van der Waals surface area contributed by atoms with Crippen LogP contribution in [0.1, 0.15) is 0 Å². The van der Waals surface area contributed by atoms with E-state index in [-0.39, 0.29) is 0 Å². The highest BCUT2D eigenvalue weighted by Crippen LogP contribution is 2.26. The molecule has 74 valence electrons. The largest absolute Gasteiger partial charge is 0.279 e. The highest BCUT2D eigenvalue weighted by atomic mass is 35.5. The van der Waals surface area contributed by atoms with Gasteiger partial charge in [0, 0.05) is 5.02 Å². The quantitative estimate of drug-likeness (QED) is 0.605. The highest BCUT2D eigenvalue weighted by Gasteiger charge is 2.07. The summed E-state index contributed by atoms with van der Waals surface area (Å²) < 4.78 is 1.79. The summed E-state index contributed by atoms with van der Waals surface area (Å²) in [5.74, 6) is 0. The van der Waals surface area contributed by atoms with E-state index in [2.05, 4.69) is 15.2 Å². The monoisotopic (exact) mass is 238 g/mol. The Kier molecular flexibility index (Phi) is 1.81. The van der Waals surface area contributed by atoms with Crippen LogP contribution in [0.25, 0.3) is 16.7 Å². The van der Waals surface area contributed by atoms with Gasteiger partial charge in [0.05, 0.1) is 16.7 Å². The number of aromatic nitrogens is 4. The molecule has 0 saturated carbocycles. The maximum Gasteiger partial charge on any atom is 0.179 e. The van der Waals surface area contributed by atoms with Gasteiger partial charge in [-0.05, 0) is 12.1 Å². The van der Waals surface area contributed by atoms with Crippen molar-refractivity contribution in [3.05, 3.63) is 34.7 Å². The molecule has 4 nitrogen and oxygen atoms in total. The molecule has 2 aromatic heterocycles. The fourth-order valence-corrected chi connectivity index (χ4v) is 2.04. The van der Waals surface area contributed by atoms with E-state index in [0.29, 0.717) is 21.2 Å². The van der Waals surface area contributed by atoms with Crippen LogP contribution in [0.15, 0.2) is 24.7 Å². The van der Waals surface area contributed by atoms with E-state index in [0.717, 1.165) is 5.52 Å². The zero-order chi connectivity index (χ0) is 10.4. The molecule has 2 heterocycles. The number of halogens is 2. The number of hydrogen-bond acceptors (Lipinski definition) is 3. The van der Waals surface area contributed by atoms with Crippen molar-refractivity contribution in [1.82, 2.24) is 19.6 Å². The molecule has 3 rings (SSSR count). The Morgan fingerprint density at radius 2 is 2.07 bits per heavy atom. The zero-order valence-electron chi connectivity index (χ0n) is 7.35. The molecule has 3 aromatic rings. The fourth-order valence-electron chi connectivity index (χ4n) is 1.50. The smallest absolute Gasteiger partial charge is 0.179 e. The maximum atomic E-state index is 6.03. The molecule has 15 heavy (non-hydrogen) atoms. The van der Waals surface area contributed by atoms with Gasteiger partial charge in [-0.1, -0.05) is 23.2 Å². The number of benzene rings is 1. The van der Waals surface area contributed by atoms with Gasteiger partial charge in [0.25, 0.3) is 0 Å². The second-order valence-corrected chi connectivity index (χ2v) is 3.92. The summed E-state index contributed by atoms with van der Waals surface area (Å²) in [6.45, 7) is 0. The van der Waals surface area contributed by atoms with E-state index in [1.54, 1.807) is 29.1 Å². The average molecular weight is 239 g/mol. The van der Waals surface area contributed by atoms with Crippen LogP contribution in [-0.2, 0) is 0 Å². The van der Waals surface area contributed by atoms with Gasteiger partial charge in [-0.25, -0.2) is 4.98 Å². The first-order valence-corrected chi connectivity index (χ1v) is 4.95. The Morgan fingerprint density at radius 3 is 2.93 bits per heavy atom. The lowest BCUT2D eigenvalue weighted by Gasteiger charge is -2.02. The van der Waals surface area contributed by atoms with Crippen LogP contribution >= 0.6 is 23.2 Å². The van der Waals surface area contributed by atoms with E-state index in [4.69, 9.17) is 23.2 Å². The summed E-state index contributed by atoms with van der Waals surface area (Å²) in [6.07, 6.45) is 3.22. The lowest BCUT2D eigenvalue weighted by molar-refractivity contribution is 1.11. The summed E-state index contributed by atoms with van der Waals surface area (Å²) in [4.78, 5) is 4.21. The third-order valence-corrected chi connectivity index (χ3v) is 2.66. The van der Waals surface area contributed by atoms with Crippen LogP contribution in [0.2, 0.25) is 10.0 Å². The fraction of sp³-hybridized carbons (Fsp3) is 0. The molecule has 0 atom stereocenters. The van der Waals surface area contributed by atoms with Gasteiger partial charge >= 0.3 is 0 Å². The van der Waals surface area contributed by atoms with E-state index < -0.39 is 0 Å². The minimum absolute atomic E-state index is 0.521. The van der Waals surface area contributed by atoms with Gasteiger partial charge in [0.2, 0.25) is 0 Å². The number of fused-ring (bicyclic) bond motifs is 3. The average Bonchev–Trinajstić information content (AvgIpc) is 2.65. The molecule has 0 aliphatic heterocycles. The van der Waals surface area contributed by atoms with Crippen LogP contribution in [0.3, 0.4) is 0 Å². The van der Waals surface area contributed by atoms with Crippen molar-refractivity contribution < 1.29 is 0 Å². The summed E-state index contributed by atoms with van der Waals surface area (Å²) >= 11 is 12.0. The first-order chi connectivity index (χ1) is 7.25. The molecule has 0 aliphatic rings. The van der Waals surface area contributed by atoms with Gasteiger partial charge in [-0.15, -0.1) is 10.2 Å². The van der Waals surface area contributed by atoms with Gasteiger partial charge in [0.15, 0.2) is 5.65 Å². The lowest BCUT2D eigenvalue weighted by Crippen LogP contribution is -1.90. The lowest BCUT2D eigenvalue weighted by atomic mass is 10.3. The molecule has 6 heteroatoms. The van der Waals surface area contributed by atoms with Crippen LogP contribution in [0, 0.1) is 0 Å². The van der Waals surface area contributed by atoms with E-state index >= 15 is 0 Å². The van der Waals surface area contributed by atoms with E-state index in [1.165, 1.54) is 0 Å². The number of rotatable bonds is 0. The first-order valence-electron chi connectivity index (χ1n) is 4.19. The van der Waals surface area contributed by atoms with E-state index in [1.807, 2.05) is 0 Å². The number of nitrogens with zero attached hydrogens (tertiary/aromatic N) is 4. The molecule has 0 saturated heterocycles. The second kappa shape index (κ2) is 3.05. The van der Waals surface area contributed by atoms with Crippen LogP contribution < -0.4 is 0 Å². The number of hydrogen-bond donors (Lipinski definition) is 0. The minimum atomic E-state index is 0.521. The van der Waals surface area contributed by atoms with Crippen molar-refractivity contribution in [3.63, 3.8) is 0 Å². The van der Waals surface area contributed by atoms with Gasteiger partial charge in [-0.2, -0.15) is 0 Å². The molecule has 0 bridgehead atoms. The maximum absolute atomic E-state index is 6.03. The van der Waals surface area contributed by atoms with Gasteiger partial charge in [-0.3, -0.25) is 4.40 Å². The van der Waals surface area contributed by atoms with Crippen molar-refractivity contribution in [3.8, 4) is 0 Å². The van der Waals surface area contributed by atoms with E-state index in [9.17, 15) is 0 Å². The predicted molar refractivity (Wildman–Crippen MR) is 58.3 cm³/mol. The highest BCUT2D eigenvalue weighted by molar-refractivity contribution is 6.38. The summed E-state index contributed by atoms with van der Waals surface area (Å²) in [5.41, 5.74) is 2.16. The molecular weight excluding hydrogens is 235 g/mol. The zero-order valence-corrected chi connectivity index (χ0v) is 8.87. The Balaban J connectivity index is 2.61. The predicted octanol–water partition coefficient (Wildman–Crippen LogP) is 2.58. The van der Waals surface area contributed by atoms with Crippen molar-refractivity contribution >= 4 is 39.9 Å². The van der Waals surface area contributed by atoms with Crippen molar-refractivity contribution in [2.24, 2.45) is 0 Å². The normalized spacial score (nSPS) is 11.3. The molecule has 0 N–H and O–H groups in total. The second-order valence-electron chi connectivity index (χ2n) is 3.07. The Hall–Kier alpha value is -1.39. The molecule has 0 radical (unpaired) electrons. The molecule has 0 fully saturated rings. The van der Waals surface area contributed by atoms with Crippen molar-refractivity contribution in [2.75, 3.05) is 0 Å². The molecule has 0 spiro atoms. The molecule has 0 aliphatic carbocycles.